The molecule has 0 amide bonds. The van der Waals surface area contributed by atoms with Crippen molar-refractivity contribution in [2.75, 3.05) is 6.61 Å². The third-order valence-electron chi connectivity index (χ3n) is 4.94. The zero-order valence-electron chi connectivity index (χ0n) is 14.9. The average molecular weight is 316 g/mol. The molecule has 3 rings (SSSR count). The Kier molecular flexibility index (Phi) is 4.16. The Morgan fingerprint density at radius 2 is 1.83 bits per heavy atom. The molecule has 3 heteroatoms. The smallest absolute Gasteiger partial charge is 0.164 e. The number of benzene rings is 1. The van der Waals surface area contributed by atoms with Crippen molar-refractivity contribution in [2.45, 2.75) is 65.1 Å². The first-order valence-electron chi connectivity index (χ1n) is 8.42. The van der Waals surface area contributed by atoms with Gasteiger partial charge in [0.15, 0.2) is 5.79 Å². The fourth-order valence-corrected chi connectivity index (χ4v) is 4.09. The first-order chi connectivity index (χ1) is 10.7. The summed E-state index contributed by atoms with van der Waals surface area (Å²) >= 11 is 0. The molecule has 0 unspecified atom stereocenters. The molecular weight excluding hydrogens is 288 g/mol. The van der Waals surface area contributed by atoms with Gasteiger partial charge in [0.1, 0.15) is 11.7 Å². The SMILES string of the molecule is CC1=C[C@@]2(OC(C)(C)O[C@H]2COCc2ccccc2)C(C)(C)C1. The lowest BCUT2D eigenvalue weighted by Crippen LogP contribution is -2.50. The molecule has 2 aliphatic rings. The fraction of sp³-hybridized carbons (Fsp3) is 0.600. The second-order valence-corrected chi connectivity index (χ2v) is 7.95. The fourth-order valence-electron chi connectivity index (χ4n) is 4.09. The van der Waals surface area contributed by atoms with Gasteiger partial charge in [-0.1, -0.05) is 55.8 Å². The van der Waals surface area contributed by atoms with Crippen LogP contribution >= 0.6 is 0 Å². The first-order valence-corrected chi connectivity index (χ1v) is 8.42. The highest BCUT2D eigenvalue weighted by Crippen LogP contribution is 2.55. The molecule has 3 nitrogen and oxygen atoms in total. The molecule has 2 atom stereocenters. The summed E-state index contributed by atoms with van der Waals surface area (Å²) in [6, 6.07) is 10.2. The van der Waals surface area contributed by atoms with Gasteiger partial charge in [-0.3, -0.25) is 0 Å². The monoisotopic (exact) mass is 316 g/mol. The lowest BCUT2D eigenvalue weighted by molar-refractivity contribution is -0.170. The summed E-state index contributed by atoms with van der Waals surface area (Å²) in [6.07, 6.45) is 3.20. The van der Waals surface area contributed by atoms with Crippen molar-refractivity contribution in [3.63, 3.8) is 0 Å². The third-order valence-corrected chi connectivity index (χ3v) is 4.94. The van der Waals surface area contributed by atoms with Gasteiger partial charge in [-0.05, 0) is 32.8 Å². The van der Waals surface area contributed by atoms with Crippen LogP contribution in [0, 0.1) is 5.41 Å². The molecule has 1 heterocycles. The van der Waals surface area contributed by atoms with Crippen LogP contribution in [0.15, 0.2) is 42.0 Å². The molecule has 0 radical (unpaired) electrons. The van der Waals surface area contributed by atoms with E-state index in [1.54, 1.807) is 0 Å². The number of hydrogen-bond acceptors (Lipinski definition) is 3. The van der Waals surface area contributed by atoms with Crippen LogP contribution in [0.1, 0.15) is 46.6 Å². The Labute approximate surface area is 139 Å². The number of allylic oxidation sites excluding steroid dienone is 1. The van der Waals surface area contributed by atoms with Crippen LogP contribution in [-0.2, 0) is 20.8 Å². The zero-order chi connectivity index (χ0) is 16.7. The highest BCUT2D eigenvalue weighted by Gasteiger charge is 2.61. The first kappa shape index (κ1) is 16.7. The molecule has 0 aromatic heterocycles. The molecule has 1 fully saturated rings. The normalized spacial score (nSPS) is 31.5. The van der Waals surface area contributed by atoms with E-state index in [-0.39, 0.29) is 11.5 Å². The van der Waals surface area contributed by atoms with E-state index in [1.807, 2.05) is 32.0 Å². The maximum Gasteiger partial charge on any atom is 0.164 e. The molecule has 23 heavy (non-hydrogen) atoms. The van der Waals surface area contributed by atoms with Crippen LogP contribution in [0.4, 0.5) is 0 Å². The van der Waals surface area contributed by atoms with E-state index in [1.165, 1.54) is 11.1 Å². The predicted molar refractivity (Wildman–Crippen MR) is 91.0 cm³/mol. The van der Waals surface area contributed by atoms with Crippen LogP contribution in [0.25, 0.3) is 0 Å². The molecule has 1 saturated heterocycles. The van der Waals surface area contributed by atoms with Crippen molar-refractivity contribution in [1.29, 1.82) is 0 Å². The minimum absolute atomic E-state index is 0.00558. The van der Waals surface area contributed by atoms with Crippen LogP contribution in [0.2, 0.25) is 0 Å². The molecule has 0 saturated carbocycles. The number of hydrogen-bond donors (Lipinski definition) is 0. The average Bonchev–Trinajstić information content (AvgIpc) is 2.83. The molecule has 1 aromatic carbocycles. The molecule has 0 N–H and O–H groups in total. The third kappa shape index (κ3) is 3.10. The van der Waals surface area contributed by atoms with Gasteiger partial charge in [-0.2, -0.15) is 0 Å². The highest BCUT2D eigenvalue weighted by atomic mass is 16.8. The number of rotatable bonds is 4. The van der Waals surface area contributed by atoms with Crippen molar-refractivity contribution in [3.8, 4) is 0 Å². The second kappa shape index (κ2) is 5.73. The van der Waals surface area contributed by atoms with Crippen LogP contribution in [0.3, 0.4) is 0 Å². The van der Waals surface area contributed by atoms with Gasteiger partial charge >= 0.3 is 0 Å². The molecule has 1 aliphatic heterocycles. The Morgan fingerprint density at radius 3 is 2.43 bits per heavy atom. The van der Waals surface area contributed by atoms with Gasteiger partial charge in [0.25, 0.3) is 0 Å². The lowest BCUT2D eigenvalue weighted by atomic mass is 9.74. The quantitative estimate of drug-likeness (QED) is 0.767. The van der Waals surface area contributed by atoms with E-state index in [2.05, 4.69) is 39.0 Å². The number of ether oxygens (including phenoxy) is 3. The molecule has 1 aromatic rings. The van der Waals surface area contributed by atoms with Crippen molar-refractivity contribution in [3.05, 3.63) is 47.5 Å². The molecule has 1 aliphatic carbocycles. The zero-order valence-corrected chi connectivity index (χ0v) is 14.9. The van der Waals surface area contributed by atoms with Crippen molar-refractivity contribution in [2.24, 2.45) is 5.41 Å². The Morgan fingerprint density at radius 1 is 1.13 bits per heavy atom. The molecular formula is C20H28O3. The van der Waals surface area contributed by atoms with Gasteiger partial charge in [-0.25, -0.2) is 0 Å². The molecule has 126 valence electrons. The molecule has 0 bridgehead atoms. The minimum Gasteiger partial charge on any atom is -0.374 e. The van der Waals surface area contributed by atoms with Crippen molar-refractivity contribution in [1.82, 2.24) is 0 Å². The molecule has 1 spiro atoms. The van der Waals surface area contributed by atoms with E-state index in [9.17, 15) is 0 Å². The van der Waals surface area contributed by atoms with Gasteiger partial charge in [0.05, 0.1) is 13.2 Å². The Hall–Kier alpha value is -1.16. The summed E-state index contributed by atoms with van der Waals surface area (Å²) in [4.78, 5) is 0. The van der Waals surface area contributed by atoms with Crippen LogP contribution < -0.4 is 0 Å². The van der Waals surface area contributed by atoms with E-state index < -0.39 is 11.4 Å². The maximum absolute atomic E-state index is 6.42. The maximum atomic E-state index is 6.42. The van der Waals surface area contributed by atoms with Crippen LogP contribution in [0.5, 0.6) is 0 Å². The van der Waals surface area contributed by atoms with E-state index in [0.717, 1.165) is 6.42 Å². The van der Waals surface area contributed by atoms with Gasteiger partial charge in [0.2, 0.25) is 0 Å². The Balaban J connectivity index is 1.74. The summed E-state index contributed by atoms with van der Waals surface area (Å²) in [5.74, 6) is -0.584. The van der Waals surface area contributed by atoms with Gasteiger partial charge < -0.3 is 14.2 Å². The van der Waals surface area contributed by atoms with Crippen LogP contribution in [-0.4, -0.2) is 24.1 Å². The lowest BCUT2D eigenvalue weighted by Gasteiger charge is -2.40. The standard InChI is InChI=1S/C20H28O3/c1-15-11-18(2,3)20(12-15)17(22-19(4,5)23-20)14-21-13-16-9-7-6-8-10-16/h6-10,12,17H,11,13-14H2,1-5H3/t17-,20-/m0/s1. The highest BCUT2D eigenvalue weighted by molar-refractivity contribution is 5.29. The van der Waals surface area contributed by atoms with E-state index >= 15 is 0 Å². The summed E-state index contributed by atoms with van der Waals surface area (Å²) < 4.78 is 18.6. The van der Waals surface area contributed by atoms with Gasteiger partial charge in [-0.15, -0.1) is 0 Å². The predicted octanol–water partition coefficient (Wildman–Crippen LogP) is 4.47. The summed E-state index contributed by atoms with van der Waals surface area (Å²) in [6.45, 7) is 11.8. The summed E-state index contributed by atoms with van der Waals surface area (Å²) in [5.41, 5.74) is 2.14. The summed E-state index contributed by atoms with van der Waals surface area (Å²) in [7, 11) is 0. The van der Waals surface area contributed by atoms with E-state index in [4.69, 9.17) is 14.2 Å². The minimum atomic E-state index is -0.584. The van der Waals surface area contributed by atoms with Crippen molar-refractivity contribution >= 4 is 0 Å². The Bertz CT molecular complexity index is 588. The van der Waals surface area contributed by atoms with E-state index in [0.29, 0.717) is 13.2 Å². The summed E-state index contributed by atoms with van der Waals surface area (Å²) in [5, 5.41) is 0. The van der Waals surface area contributed by atoms with Gasteiger partial charge in [0, 0.05) is 5.41 Å². The largest absolute Gasteiger partial charge is 0.374 e. The topological polar surface area (TPSA) is 27.7 Å². The van der Waals surface area contributed by atoms with Crippen molar-refractivity contribution < 1.29 is 14.2 Å². The second-order valence-electron chi connectivity index (χ2n) is 7.95.